The van der Waals surface area contributed by atoms with E-state index in [-0.39, 0.29) is 17.8 Å². The average molecular weight is 375 g/mol. The normalized spacial score (nSPS) is 14.8. The third-order valence-corrected chi connectivity index (χ3v) is 5.24. The van der Waals surface area contributed by atoms with E-state index in [4.69, 9.17) is 9.72 Å². The number of benzene rings is 1. The van der Waals surface area contributed by atoms with E-state index in [1.54, 1.807) is 12.4 Å². The summed E-state index contributed by atoms with van der Waals surface area (Å²) >= 11 is 0. The molecule has 0 bridgehead atoms. The lowest BCUT2D eigenvalue weighted by atomic mass is 9.96. The molecule has 1 saturated heterocycles. The van der Waals surface area contributed by atoms with Gasteiger partial charge in [-0.15, -0.1) is 0 Å². The lowest BCUT2D eigenvalue weighted by Gasteiger charge is -2.31. The molecule has 0 aliphatic carbocycles. The zero-order valence-corrected chi connectivity index (χ0v) is 15.7. The van der Waals surface area contributed by atoms with Crippen LogP contribution in [-0.4, -0.2) is 46.9 Å². The highest BCUT2D eigenvalue weighted by Gasteiger charge is 2.29. The van der Waals surface area contributed by atoms with Crippen LogP contribution in [0.4, 0.5) is 0 Å². The molecule has 3 aromatic rings. The number of ether oxygens (including phenoxy) is 1. The molecule has 1 fully saturated rings. The van der Waals surface area contributed by atoms with Crippen LogP contribution >= 0.6 is 0 Å². The van der Waals surface area contributed by atoms with Gasteiger partial charge in [0.05, 0.1) is 29.8 Å². The Hall–Kier alpha value is -3.28. The molecular formula is C22H21N3O3. The number of carbonyl (C=O) groups is 2. The van der Waals surface area contributed by atoms with Crippen molar-refractivity contribution in [1.82, 2.24) is 14.9 Å². The van der Waals surface area contributed by atoms with E-state index in [1.165, 1.54) is 7.11 Å². The van der Waals surface area contributed by atoms with Crippen molar-refractivity contribution in [3.63, 3.8) is 0 Å². The molecule has 0 spiro atoms. The van der Waals surface area contributed by atoms with Crippen LogP contribution in [0.25, 0.3) is 22.2 Å². The second kappa shape index (κ2) is 7.76. The number of nitrogens with zero attached hydrogens (tertiary/aromatic N) is 3. The van der Waals surface area contributed by atoms with E-state index in [9.17, 15) is 9.59 Å². The maximum absolute atomic E-state index is 13.3. The van der Waals surface area contributed by atoms with Gasteiger partial charge in [-0.2, -0.15) is 0 Å². The summed E-state index contributed by atoms with van der Waals surface area (Å²) in [7, 11) is 1.41. The molecule has 6 heteroatoms. The Morgan fingerprint density at radius 2 is 1.79 bits per heavy atom. The first kappa shape index (κ1) is 18.1. The first-order valence-electron chi connectivity index (χ1n) is 9.34. The molecule has 0 saturated carbocycles. The van der Waals surface area contributed by atoms with Crippen LogP contribution in [0.3, 0.4) is 0 Å². The van der Waals surface area contributed by atoms with E-state index in [0.717, 1.165) is 22.2 Å². The summed E-state index contributed by atoms with van der Waals surface area (Å²) in [6.07, 6.45) is 4.67. The molecule has 2 aromatic heterocycles. The molecular weight excluding hydrogens is 354 g/mol. The van der Waals surface area contributed by atoms with Crippen LogP contribution in [-0.2, 0) is 9.53 Å². The number of para-hydroxylation sites is 1. The highest BCUT2D eigenvalue weighted by atomic mass is 16.5. The molecule has 28 heavy (non-hydrogen) atoms. The molecule has 142 valence electrons. The predicted molar refractivity (Wildman–Crippen MR) is 106 cm³/mol. The number of methoxy groups -OCH3 is 1. The minimum absolute atomic E-state index is 0.0304. The highest BCUT2D eigenvalue weighted by Crippen LogP contribution is 2.27. The van der Waals surface area contributed by atoms with Crippen molar-refractivity contribution in [2.24, 2.45) is 5.92 Å². The van der Waals surface area contributed by atoms with Crippen LogP contribution in [0.2, 0.25) is 0 Å². The Labute approximate surface area is 163 Å². The zero-order valence-electron chi connectivity index (χ0n) is 15.7. The van der Waals surface area contributed by atoms with Crippen molar-refractivity contribution in [1.29, 1.82) is 0 Å². The van der Waals surface area contributed by atoms with Gasteiger partial charge in [-0.25, -0.2) is 4.98 Å². The number of aromatic nitrogens is 2. The van der Waals surface area contributed by atoms with E-state index < -0.39 is 0 Å². The number of esters is 1. The van der Waals surface area contributed by atoms with Gasteiger partial charge in [-0.1, -0.05) is 18.2 Å². The molecule has 0 unspecified atom stereocenters. The first-order chi connectivity index (χ1) is 13.7. The van der Waals surface area contributed by atoms with Crippen molar-refractivity contribution >= 4 is 22.8 Å². The maximum atomic E-state index is 13.3. The van der Waals surface area contributed by atoms with Crippen LogP contribution < -0.4 is 0 Å². The average Bonchev–Trinajstić information content (AvgIpc) is 2.78. The third kappa shape index (κ3) is 3.45. The number of rotatable bonds is 3. The van der Waals surface area contributed by atoms with Gasteiger partial charge in [-0.05, 0) is 37.1 Å². The van der Waals surface area contributed by atoms with Crippen molar-refractivity contribution in [2.75, 3.05) is 20.2 Å². The molecule has 1 aromatic carbocycles. The fourth-order valence-electron chi connectivity index (χ4n) is 3.68. The third-order valence-electron chi connectivity index (χ3n) is 5.24. The molecule has 0 atom stereocenters. The van der Waals surface area contributed by atoms with Gasteiger partial charge >= 0.3 is 5.97 Å². The number of likely N-dealkylation sites (tertiary alicyclic amines) is 1. The summed E-state index contributed by atoms with van der Waals surface area (Å²) in [6.45, 7) is 1.08. The number of carbonyl (C=O) groups excluding carboxylic acids is 2. The molecule has 6 nitrogen and oxygen atoms in total. The van der Waals surface area contributed by atoms with E-state index in [1.807, 2.05) is 47.4 Å². The van der Waals surface area contributed by atoms with Crippen molar-refractivity contribution in [2.45, 2.75) is 12.8 Å². The number of fused-ring (bicyclic) bond motifs is 1. The van der Waals surface area contributed by atoms with Gasteiger partial charge in [0.1, 0.15) is 0 Å². The molecule has 0 N–H and O–H groups in total. The minimum Gasteiger partial charge on any atom is -0.469 e. The monoisotopic (exact) mass is 375 g/mol. The smallest absolute Gasteiger partial charge is 0.308 e. The summed E-state index contributed by atoms with van der Waals surface area (Å²) < 4.78 is 4.84. The second-order valence-electron chi connectivity index (χ2n) is 6.90. The van der Waals surface area contributed by atoms with E-state index in [2.05, 4.69) is 4.98 Å². The fourth-order valence-corrected chi connectivity index (χ4v) is 3.68. The van der Waals surface area contributed by atoms with E-state index in [0.29, 0.717) is 31.5 Å². The molecule has 3 heterocycles. The summed E-state index contributed by atoms with van der Waals surface area (Å²) in [4.78, 5) is 35.7. The number of hydrogen-bond acceptors (Lipinski definition) is 5. The molecule has 1 aliphatic rings. The standard InChI is InChI=1S/C22H21N3O3/c1-28-22(27)16-8-12-25(13-9-16)21(26)18-14-20(15-6-10-23-11-7-15)24-19-5-3-2-4-17(18)19/h2-7,10-11,14,16H,8-9,12-13H2,1H3. The lowest BCUT2D eigenvalue weighted by molar-refractivity contribution is -0.146. The van der Waals surface area contributed by atoms with Crippen LogP contribution in [0.5, 0.6) is 0 Å². The Morgan fingerprint density at radius 3 is 2.50 bits per heavy atom. The Bertz CT molecular complexity index is 1010. The number of pyridine rings is 2. The quantitative estimate of drug-likeness (QED) is 0.657. The van der Waals surface area contributed by atoms with Crippen LogP contribution in [0.1, 0.15) is 23.2 Å². The lowest BCUT2D eigenvalue weighted by Crippen LogP contribution is -2.40. The maximum Gasteiger partial charge on any atom is 0.308 e. The second-order valence-corrected chi connectivity index (χ2v) is 6.90. The molecule has 0 radical (unpaired) electrons. The highest BCUT2D eigenvalue weighted by molar-refractivity contribution is 6.07. The number of amides is 1. The SMILES string of the molecule is COC(=O)C1CCN(C(=O)c2cc(-c3ccncc3)nc3ccccc23)CC1. The fraction of sp³-hybridized carbons (Fsp3) is 0.273. The molecule has 4 rings (SSSR count). The van der Waals surface area contributed by atoms with Gasteiger partial charge in [0, 0.05) is 36.4 Å². The number of hydrogen-bond donors (Lipinski definition) is 0. The Morgan fingerprint density at radius 1 is 1.07 bits per heavy atom. The van der Waals surface area contributed by atoms with Crippen LogP contribution in [0, 0.1) is 5.92 Å². The summed E-state index contributed by atoms with van der Waals surface area (Å²) in [5, 5.41) is 0.834. The summed E-state index contributed by atoms with van der Waals surface area (Å²) in [6, 6.07) is 13.3. The van der Waals surface area contributed by atoms with E-state index >= 15 is 0 Å². The summed E-state index contributed by atoms with van der Waals surface area (Å²) in [5.74, 6) is -0.353. The topological polar surface area (TPSA) is 72.4 Å². The molecule has 1 amide bonds. The molecule has 1 aliphatic heterocycles. The Balaban J connectivity index is 1.68. The van der Waals surface area contributed by atoms with Gasteiger partial charge in [0.2, 0.25) is 0 Å². The van der Waals surface area contributed by atoms with Crippen molar-refractivity contribution in [3.05, 3.63) is 60.4 Å². The zero-order chi connectivity index (χ0) is 19.5. The van der Waals surface area contributed by atoms with Gasteiger partial charge < -0.3 is 9.64 Å². The van der Waals surface area contributed by atoms with Crippen LogP contribution in [0.15, 0.2) is 54.9 Å². The van der Waals surface area contributed by atoms with Gasteiger partial charge in [0.15, 0.2) is 0 Å². The largest absolute Gasteiger partial charge is 0.469 e. The minimum atomic E-state index is -0.193. The van der Waals surface area contributed by atoms with Crippen molar-refractivity contribution < 1.29 is 14.3 Å². The first-order valence-corrected chi connectivity index (χ1v) is 9.34. The summed E-state index contributed by atoms with van der Waals surface area (Å²) in [5.41, 5.74) is 3.08. The Kier molecular flexibility index (Phi) is 5.02. The number of piperidine rings is 1. The van der Waals surface area contributed by atoms with Crippen molar-refractivity contribution in [3.8, 4) is 11.3 Å². The predicted octanol–water partition coefficient (Wildman–Crippen LogP) is 3.32. The van der Waals surface area contributed by atoms with Gasteiger partial charge in [-0.3, -0.25) is 14.6 Å². The van der Waals surface area contributed by atoms with Gasteiger partial charge in [0.25, 0.3) is 5.91 Å².